The van der Waals surface area contributed by atoms with Gasteiger partial charge in [0.1, 0.15) is 11.5 Å². The largest absolute Gasteiger partial charge is 0.497 e. The first-order chi connectivity index (χ1) is 9.63. The van der Waals surface area contributed by atoms with Crippen LogP contribution in [0.2, 0.25) is 0 Å². The highest BCUT2D eigenvalue weighted by molar-refractivity contribution is 5.97. The van der Waals surface area contributed by atoms with Crippen LogP contribution in [0, 0.1) is 0 Å². The minimum absolute atomic E-state index is 0.123. The van der Waals surface area contributed by atoms with Crippen LogP contribution in [-0.4, -0.2) is 37.4 Å². The van der Waals surface area contributed by atoms with Gasteiger partial charge in [0.2, 0.25) is 0 Å². The molecule has 2 N–H and O–H groups in total. The number of benzene rings is 1. The van der Waals surface area contributed by atoms with E-state index in [1.54, 1.807) is 25.3 Å². The standard InChI is InChI=1S/C15H21NO4/c1-19-12-7-8-13(14(9-12)20-2)15(18)16-10-3-5-11(17)6-4-10/h7-11,17H,3-6H2,1-2H3,(H,16,18). The number of nitrogens with one attached hydrogen (secondary N) is 1. The fourth-order valence-corrected chi connectivity index (χ4v) is 2.47. The molecular formula is C15H21NO4. The van der Waals surface area contributed by atoms with E-state index in [-0.39, 0.29) is 18.1 Å². The molecule has 1 fully saturated rings. The van der Waals surface area contributed by atoms with Gasteiger partial charge in [0, 0.05) is 12.1 Å². The van der Waals surface area contributed by atoms with Crippen molar-refractivity contribution < 1.29 is 19.4 Å². The van der Waals surface area contributed by atoms with E-state index in [2.05, 4.69) is 5.32 Å². The summed E-state index contributed by atoms with van der Waals surface area (Å²) in [4.78, 5) is 12.3. The maximum Gasteiger partial charge on any atom is 0.255 e. The van der Waals surface area contributed by atoms with Gasteiger partial charge >= 0.3 is 0 Å². The van der Waals surface area contributed by atoms with Crippen molar-refractivity contribution in [2.45, 2.75) is 37.8 Å². The summed E-state index contributed by atoms with van der Waals surface area (Å²) in [7, 11) is 3.10. The van der Waals surface area contributed by atoms with Crippen molar-refractivity contribution in [2.24, 2.45) is 0 Å². The molecule has 1 aliphatic rings. The first-order valence-corrected chi connectivity index (χ1v) is 6.85. The second-order valence-electron chi connectivity index (χ2n) is 5.05. The number of hydrogen-bond donors (Lipinski definition) is 2. The van der Waals surface area contributed by atoms with Crippen LogP contribution in [0.15, 0.2) is 18.2 Å². The van der Waals surface area contributed by atoms with E-state index in [4.69, 9.17) is 9.47 Å². The van der Waals surface area contributed by atoms with Gasteiger partial charge in [-0.25, -0.2) is 0 Å². The SMILES string of the molecule is COc1ccc(C(=O)NC2CCC(O)CC2)c(OC)c1. The number of amides is 1. The number of carbonyl (C=O) groups is 1. The number of methoxy groups -OCH3 is 2. The average Bonchev–Trinajstić information content (AvgIpc) is 2.48. The molecule has 1 amide bonds. The summed E-state index contributed by atoms with van der Waals surface area (Å²) in [5.74, 6) is 1.00. The molecular weight excluding hydrogens is 258 g/mol. The Balaban J connectivity index is 2.05. The van der Waals surface area contributed by atoms with Crippen LogP contribution >= 0.6 is 0 Å². The fourth-order valence-electron chi connectivity index (χ4n) is 2.47. The van der Waals surface area contributed by atoms with E-state index in [1.165, 1.54) is 7.11 Å². The lowest BCUT2D eigenvalue weighted by molar-refractivity contribution is 0.0865. The molecule has 0 bridgehead atoms. The van der Waals surface area contributed by atoms with Crippen LogP contribution in [0.1, 0.15) is 36.0 Å². The topological polar surface area (TPSA) is 67.8 Å². The van der Waals surface area contributed by atoms with Crippen LogP contribution < -0.4 is 14.8 Å². The lowest BCUT2D eigenvalue weighted by atomic mass is 9.93. The van der Waals surface area contributed by atoms with Crippen LogP contribution in [0.25, 0.3) is 0 Å². The van der Waals surface area contributed by atoms with Gasteiger partial charge in [0.05, 0.1) is 25.9 Å². The summed E-state index contributed by atoms with van der Waals surface area (Å²) in [5.41, 5.74) is 0.499. The van der Waals surface area contributed by atoms with Gasteiger partial charge in [-0.2, -0.15) is 0 Å². The zero-order valence-electron chi connectivity index (χ0n) is 11.9. The van der Waals surface area contributed by atoms with Crippen LogP contribution in [0.3, 0.4) is 0 Å². The molecule has 0 atom stereocenters. The van der Waals surface area contributed by atoms with Gasteiger partial charge in [-0.1, -0.05) is 0 Å². The van der Waals surface area contributed by atoms with E-state index < -0.39 is 0 Å². The highest BCUT2D eigenvalue weighted by Crippen LogP contribution is 2.25. The van der Waals surface area contributed by atoms with Crippen molar-refractivity contribution in [1.29, 1.82) is 0 Å². The molecule has 0 aliphatic heterocycles. The van der Waals surface area contributed by atoms with Gasteiger partial charge in [-0.05, 0) is 37.8 Å². The van der Waals surface area contributed by atoms with Crippen molar-refractivity contribution in [1.82, 2.24) is 5.32 Å². The third kappa shape index (κ3) is 3.42. The molecule has 1 aliphatic carbocycles. The second-order valence-corrected chi connectivity index (χ2v) is 5.05. The minimum Gasteiger partial charge on any atom is -0.497 e. The number of carbonyl (C=O) groups excluding carboxylic acids is 1. The van der Waals surface area contributed by atoms with Gasteiger partial charge in [-0.15, -0.1) is 0 Å². The monoisotopic (exact) mass is 279 g/mol. The lowest BCUT2D eigenvalue weighted by Gasteiger charge is -2.26. The first kappa shape index (κ1) is 14.7. The summed E-state index contributed by atoms with van der Waals surface area (Å²) in [6.07, 6.45) is 2.88. The Morgan fingerprint density at radius 2 is 1.90 bits per heavy atom. The molecule has 0 unspecified atom stereocenters. The number of aliphatic hydroxyl groups is 1. The molecule has 110 valence electrons. The fraction of sp³-hybridized carbons (Fsp3) is 0.533. The quantitative estimate of drug-likeness (QED) is 0.881. The second kappa shape index (κ2) is 6.61. The van der Waals surface area contributed by atoms with Gasteiger partial charge in [-0.3, -0.25) is 4.79 Å². The molecule has 5 heteroatoms. The third-order valence-electron chi connectivity index (χ3n) is 3.69. The van der Waals surface area contributed by atoms with E-state index in [1.807, 2.05) is 0 Å². The number of ether oxygens (including phenoxy) is 2. The minimum atomic E-state index is -0.223. The highest BCUT2D eigenvalue weighted by atomic mass is 16.5. The molecule has 0 spiro atoms. The zero-order valence-corrected chi connectivity index (χ0v) is 11.9. The molecule has 1 saturated carbocycles. The van der Waals surface area contributed by atoms with Gasteiger partial charge in [0.25, 0.3) is 5.91 Å². The van der Waals surface area contributed by atoms with E-state index in [0.29, 0.717) is 17.1 Å². The van der Waals surface area contributed by atoms with Crippen molar-refractivity contribution in [3.05, 3.63) is 23.8 Å². The van der Waals surface area contributed by atoms with Crippen molar-refractivity contribution >= 4 is 5.91 Å². The van der Waals surface area contributed by atoms with Crippen molar-refractivity contribution in [3.63, 3.8) is 0 Å². The Hall–Kier alpha value is -1.75. The number of hydrogen-bond acceptors (Lipinski definition) is 4. The van der Waals surface area contributed by atoms with E-state index in [9.17, 15) is 9.90 Å². The third-order valence-corrected chi connectivity index (χ3v) is 3.69. The van der Waals surface area contributed by atoms with Crippen molar-refractivity contribution in [2.75, 3.05) is 14.2 Å². The van der Waals surface area contributed by atoms with E-state index >= 15 is 0 Å². The Labute approximate surface area is 118 Å². The average molecular weight is 279 g/mol. The zero-order chi connectivity index (χ0) is 14.5. The molecule has 20 heavy (non-hydrogen) atoms. The van der Waals surface area contributed by atoms with Crippen LogP contribution in [-0.2, 0) is 0 Å². The Bertz CT molecular complexity index is 467. The maximum absolute atomic E-state index is 12.3. The first-order valence-electron chi connectivity index (χ1n) is 6.85. The summed E-state index contributed by atoms with van der Waals surface area (Å²) < 4.78 is 10.3. The molecule has 0 aromatic heterocycles. The number of aliphatic hydroxyl groups excluding tert-OH is 1. The Kier molecular flexibility index (Phi) is 4.84. The summed E-state index contributed by atoms with van der Waals surface area (Å²) in [6, 6.07) is 5.25. The predicted molar refractivity (Wildman–Crippen MR) is 75.3 cm³/mol. The molecule has 2 rings (SSSR count). The van der Waals surface area contributed by atoms with Crippen LogP contribution in [0.4, 0.5) is 0 Å². The molecule has 0 saturated heterocycles. The highest BCUT2D eigenvalue weighted by Gasteiger charge is 2.22. The maximum atomic E-state index is 12.3. The summed E-state index contributed by atoms with van der Waals surface area (Å²) in [5, 5.41) is 12.5. The molecule has 1 aromatic carbocycles. The predicted octanol–water partition coefficient (Wildman–Crippen LogP) is 1.74. The van der Waals surface area contributed by atoms with Crippen molar-refractivity contribution in [3.8, 4) is 11.5 Å². The molecule has 5 nitrogen and oxygen atoms in total. The van der Waals surface area contributed by atoms with E-state index in [0.717, 1.165) is 25.7 Å². The van der Waals surface area contributed by atoms with Crippen LogP contribution in [0.5, 0.6) is 11.5 Å². The normalized spacial score (nSPS) is 22.1. The molecule has 0 heterocycles. The lowest BCUT2D eigenvalue weighted by Crippen LogP contribution is -2.38. The molecule has 1 aromatic rings. The Morgan fingerprint density at radius 3 is 2.50 bits per heavy atom. The summed E-state index contributed by atoms with van der Waals surface area (Å²) >= 11 is 0. The summed E-state index contributed by atoms with van der Waals surface area (Å²) in [6.45, 7) is 0. The number of rotatable bonds is 4. The Morgan fingerprint density at radius 1 is 1.20 bits per heavy atom. The van der Waals surface area contributed by atoms with Gasteiger partial charge in [0.15, 0.2) is 0 Å². The smallest absolute Gasteiger partial charge is 0.255 e. The molecule has 0 radical (unpaired) electrons. The van der Waals surface area contributed by atoms with Gasteiger partial charge < -0.3 is 19.9 Å².